The molecule has 22 heavy (non-hydrogen) atoms. The van der Waals surface area contributed by atoms with Crippen LogP contribution in [0, 0.1) is 0 Å². The van der Waals surface area contributed by atoms with Crippen LogP contribution in [0.1, 0.15) is 27.9 Å². The van der Waals surface area contributed by atoms with Gasteiger partial charge in [-0.2, -0.15) is 0 Å². The molecule has 1 aliphatic rings. The Kier molecular flexibility index (Phi) is 4.76. The number of halogens is 1. The molecule has 0 saturated carbocycles. The number of anilines is 1. The Morgan fingerprint density at radius 3 is 2.64 bits per heavy atom. The highest BCUT2D eigenvalue weighted by Gasteiger charge is 2.20. The third kappa shape index (κ3) is 3.48. The van der Waals surface area contributed by atoms with Crippen LogP contribution in [-0.4, -0.2) is 37.1 Å². The fraction of sp³-hybridized carbons (Fsp3) is 0.375. The number of Topliss-reactive ketones (excluding diaryl/α,β-unsaturated/α-hetero) is 1. The highest BCUT2D eigenvalue weighted by atomic mass is 35.5. The van der Waals surface area contributed by atoms with Gasteiger partial charge in [-0.1, -0.05) is 35.1 Å². The van der Waals surface area contributed by atoms with Crippen LogP contribution >= 0.6 is 22.9 Å². The summed E-state index contributed by atoms with van der Waals surface area (Å²) in [6.45, 7) is 4.67. The van der Waals surface area contributed by atoms with Crippen molar-refractivity contribution in [2.75, 3.05) is 31.2 Å². The number of morpholine rings is 1. The number of ether oxygens (including phenoxy) is 1. The van der Waals surface area contributed by atoms with Gasteiger partial charge in [-0.15, -0.1) is 0 Å². The number of hydrogen-bond donors (Lipinski definition) is 0. The first kappa shape index (κ1) is 15.5. The van der Waals surface area contributed by atoms with Crippen LogP contribution in [0.15, 0.2) is 24.3 Å². The van der Waals surface area contributed by atoms with Crippen LogP contribution in [0.3, 0.4) is 0 Å². The summed E-state index contributed by atoms with van der Waals surface area (Å²) < 4.78 is 5.37. The van der Waals surface area contributed by atoms with E-state index in [2.05, 4.69) is 4.90 Å². The van der Waals surface area contributed by atoms with Gasteiger partial charge in [0.05, 0.1) is 23.8 Å². The second-order valence-electron chi connectivity index (χ2n) is 5.23. The van der Waals surface area contributed by atoms with Crippen molar-refractivity contribution >= 4 is 33.9 Å². The van der Waals surface area contributed by atoms with Gasteiger partial charge in [-0.3, -0.25) is 4.79 Å². The van der Waals surface area contributed by atoms with Crippen molar-refractivity contribution < 1.29 is 9.53 Å². The van der Waals surface area contributed by atoms with E-state index in [4.69, 9.17) is 21.3 Å². The van der Waals surface area contributed by atoms with Crippen LogP contribution in [0.5, 0.6) is 0 Å². The molecule has 1 aromatic heterocycles. The lowest BCUT2D eigenvalue weighted by molar-refractivity contribution is 0.102. The molecule has 4 nitrogen and oxygen atoms in total. The van der Waals surface area contributed by atoms with E-state index in [0.717, 1.165) is 34.4 Å². The summed E-state index contributed by atoms with van der Waals surface area (Å²) in [6, 6.07) is 7.67. The highest BCUT2D eigenvalue weighted by molar-refractivity contribution is 7.17. The van der Waals surface area contributed by atoms with E-state index in [1.807, 2.05) is 24.3 Å². The number of benzene rings is 1. The molecular formula is C16H17ClN2O2S. The molecule has 0 unspecified atom stereocenters. The van der Waals surface area contributed by atoms with E-state index in [1.165, 1.54) is 11.3 Å². The average molecular weight is 337 g/mol. The van der Waals surface area contributed by atoms with Crippen LogP contribution in [-0.2, 0) is 11.2 Å². The summed E-state index contributed by atoms with van der Waals surface area (Å²) in [5.41, 5.74) is 1.95. The summed E-state index contributed by atoms with van der Waals surface area (Å²) in [4.78, 5) is 19.6. The van der Waals surface area contributed by atoms with E-state index in [-0.39, 0.29) is 5.78 Å². The van der Waals surface area contributed by atoms with Gasteiger partial charge < -0.3 is 9.64 Å². The number of aromatic nitrogens is 1. The van der Waals surface area contributed by atoms with Crippen LogP contribution in [0.4, 0.5) is 5.13 Å². The zero-order chi connectivity index (χ0) is 15.5. The van der Waals surface area contributed by atoms with Crippen molar-refractivity contribution in [3.63, 3.8) is 0 Å². The van der Waals surface area contributed by atoms with Crippen molar-refractivity contribution in [3.8, 4) is 0 Å². The maximum absolute atomic E-state index is 11.9. The molecule has 0 N–H and O–H groups in total. The Hall–Kier alpha value is -1.43. The van der Waals surface area contributed by atoms with Gasteiger partial charge in [0.1, 0.15) is 0 Å². The van der Waals surface area contributed by atoms with E-state index < -0.39 is 0 Å². The molecular weight excluding hydrogens is 320 g/mol. The standard InChI is InChI=1S/C16H17ClN2O2S/c1-11(20)15-14(10-12-2-4-13(17)5-3-12)18-16(22-15)19-6-8-21-9-7-19/h2-5H,6-10H2,1H3. The number of carbonyl (C=O) groups excluding carboxylic acids is 1. The minimum absolute atomic E-state index is 0.0703. The molecule has 0 amide bonds. The number of hydrogen-bond acceptors (Lipinski definition) is 5. The van der Waals surface area contributed by atoms with Gasteiger partial charge in [0.25, 0.3) is 0 Å². The maximum Gasteiger partial charge on any atom is 0.186 e. The van der Waals surface area contributed by atoms with Crippen molar-refractivity contribution in [2.24, 2.45) is 0 Å². The monoisotopic (exact) mass is 336 g/mol. The van der Waals surface area contributed by atoms with Gasteiger partial charge in [-0.05, 0) is 17.7 Å². The number of ketones is 1. The molecule has 1 saturated heterocycles. The minimum Gasteiger partial charge on any atom is -0.378 e. The first-order chi connectivity index (χ1) is 10.6. The number of thiazole rings is 1. The third-order valence-corrected chi connectivity index (χ3v) is 5.08. The molecule has 116 valence electrons. The third-order valence-electron chi connectivity index (χ3n) is 3.57. The summed E-state index contributed by atoms with van der Waals surface area (Å²) in [6.07, 6.45) is 0.646. The Balaban J connectivity index is 1.86. The molecule has 2 aromatic rings. The van der Waals surface area contributed by atoms with E-state index in [1.54, 1.807) is 6.92 Å². The molecule has 2 heterocycles. The van der Waals surface area contributed by atoms with Gasteiger partial charge in [0.2, 0.25) is 0 Å². The smallest absolute Gasteiger partial charge is 0.186 e. The molecule has 0 atom stereocenters. The van der Waals surface area contributed by atoms with Crippen molar-refractivity contribution in [3.05, 3.63) is 45.4 Å². The SMILES string of the molecule is CC(=O)c1sc(N2CCOCC2)nc1Cc1ccc(Cl)cc1. The minimum atomic E-state index is 0.0703. The predicted octanol–water partition coefficient (Wildman–Crippen LogP) is 3.43. The van der Waals surface area contributed by atoms with Gasteiger partial charge in [-0.25, -0.2) is 4.98 Å². The van der Waals surface area contributed by atoms with Crippen LogP contribution in [0.2, 0.25) is 5.02 Å². The fourth-order valence-electron chi connectivity index (χ4n) is 2.42. The topological polar surface area (TPSA) is 42.4 Å². The maximum atomic E-state index is 11.9. The van der Waals surface area contributed by atoms with Gasteiger partial charge in [0, 0.05) is 31.5 Å². The molecule has 1 fully saturated rings. The quantitative estimate of drug-likeness (QED) is 0.802. The summed E-state index contributed by atoms with van der Waals surface area (Å²) in [5, 5.41) is 1.63. The summed E-state index contributed by atoms with van der Waals surface area (Å²) in [5.74, 6) is 0.0703. The van der Waals surface area contributed by atoms with Crippen molar-refractivity contribution in [1.29, 1.82) is 0 Å². The molecule has 6 heteroatoms. The Bertz CT molecular complexity index is 663. The zero-order valence-corrected chi connectivity index (χ0v) is 13.9. The van der Waals surface area contributed by atoms with Crippen molar-refractivity contribution in [1.82, 2.24) is 4.98 Å². The Morgan fingerprint density at radius 1 is 1.32 bits per heavy atom. The lowest BCUT2D eigenvalue weighted by Crippen LogP contribution is -2.36. The number of nitrogens with zero attached hydrogens (tertiary/aromatic N) is 2. The summed E-state index contributed by atoms with van der Waals surface area (Å²) in [7, 11) is 0. The number of rotatable bonds is 4. The highest BCUT2D eigenvalue weighted by Crippen LogP contribution is 2.29. The number of carbonyl (C=O) groups is 1. The van der Waals surface area contributed by atoms with E-state index >= 15 is 0 Å². The lowest BCUT2D eigenvalue weighted by atomic mass is 10.1. The fourth-order valence-corrected chi connectivity index (χ4v) is 3.58. The second-order valence-corrected chi connectivity index (χ2v) is 6.65. The molecule has 1 aromatic carbocycles. The Labute approximate surface area is 138 Å². The van der Waals surface area contributed by atoms with Gasteiger partial charge >= 0.3 is 0 Å². The van der Waals surface area contributed by atoms with Gasteiger partial charge in [0.15, 0.2) is 10.9 Å². The van der Waals surface area contributed by atoms with Crippen LogP contribution < -0.4 is 4.90 Å². The molecule has 0 aliphatic carbocycles. The molecule has 0 radical (unpaired) electrons. The molecule has 1 aliphatic heterocycles. The van der Waals surface area contributed by atoms with E-state index in [0.29, 0.717) is 24.7 Å². The molecule has 0 bridgehead atoms. The normalized spacial score (nSPS) is 15.1. The predicted molar refractivity (Wildman–Crippen MR) is 89.4 cm³/mol. The Morgan fingerprint density at radius 2 is 2.00 bits per heavy atom. The second kappa shape index (κ2) is 6.77. The average Bonchev–Trinajstić information content (AvgIpc) is 2.95. The first-order valence-electron chi connectivity index (χ1n) is 7.21. The van der Waals surface area contributed by atoms with E-state index in [9.17, 15) is 4.79 Å². The molecule has 0 spiro atoms. The molecule has 3 rings (SSSR count). The van der Waals surface area contributed by atoms with Crippen LogP contribution in [0.25, 0.3) is 0 Å². The largest absolute Gasteiger partial charge is 0.378 e. The summed E-state index contributed by atoms with van der Waals surface area (Å²) >= 11 is 7.40. The zero-order valence-electron chi connectivity index (χ0n) is 12.3. The van der Waals surface area contributed by atoms with Crippen molar-refractivity contribution in [2.45, 2.75) is 13.3 Å². The first-order valence-corrected chi connectivity index (χ1v) is 8.40. The lowest BCUT2D eigenvalue weighted by Gasteiger charge is -2.26.